The second-order valence-electron chi connectivity index (χ2n) is 8.49. The van der Waals surface area contributed by atoms with Gasteiger partial charge in [0, 0.05) is 23.6 Å². The molecule has 2 heterocycles. The van der Waals surface area contributed by atoms with Gasteiger partial charge in [-0.3, -0.25) is 9.59 Å². The molecule has 2 aliphatic rings. The van der Waals surface area contributed by atoms with E-state index in [1.54, 1.807) is 5.01 Å². The summed E-state index contributed by atoms with van der Waals surface area (Å²) in [6.45, 7) is 2.05. The molecule has 0 spiro atoms. The Bertz CT molecular complexity index is 1320. The Hall–Kier alpha value is -3.42. The van der Waals surface area contributed by atoms with Crippen LogP contribution in [0.4, 0.5) is 5.69 Å². The number of rotatable bonds is 5. The van der Waals surface area contributed by atoms with Crippen LogP contribution in [0, 0.1) is 6.92 Å². The van der Waals surface area contributed by atoms with E-state index in [0.717, 1.165) is 16.8 Å². The van der Waals surface area contributed by atoms with Gasteiger partial charge in [-0.05, 0) is 42.3 Å². The molecule has 2 atom stereocenters. The van der Waals surface area contributed by atoms with E-state index >= 15 is 0 Å². The molecule has 0 saturated carbocycles. The van der Waals surface area contributed by atoms with Crippen molar-refractivity contribution in [3.63, 3.8) is 0 Å². The first-order valence-electron chi connectivity index (χ1n) is 11.3. The Morgan fingerprint density at radius 2 is 1.86 bits per heavy atom. The van der Waals surface area contributed by atoms with Gasteiger partial charge in [0.1, 0.15) is 5.25 Å². The number of hydrogen-bond donors (Lipinski definition) is 1. The van der Waals surface area contributed by atoms with Gasteiger partial charge in [-0.15, -0.1) is 0 Å². The Morgan fingerprint density at radius 1 is 1.09 bits per heavy atom. The van der Waals surface area contributed by atoms with Crippen molar-refractivity contribution in [2.45, 2.75) is 31.1 Å². The van der Waals surface area contributed by atoms with Gasteiger partial charge in [0.2, 0.25) is 5.91 Å². The lowest BCUT2D eigenvalue weighted by atomic mass is 9.98. The summed E-state index contributed by atoms with van der Waals surface area (Å²) >= 11 is 7.56. The minimum absolute atomic E-state index is 0.0373. The van der Waals surface area contributed by atoms with Gasteiger partial charge in [0.05, 0.1) is 11.8 Å². The fourth-order valence-electron chi connectivity index (χ4n) is 4.09. The van der Waals surface area contributed by atoms with Crippen molar-refractivity contribution in [3.8, 4) is 0 Å². The highest BCUT2D eigenvalue weighted by Gasteiger charge is 2.39. The fraction of sp³-hybridized carbons (Fsp3) is 0.185. The number of hydrogen-bond acceptors (Lipinski definition) is 5. The predicted molar refractivity (Wildman–Crippen MR) is 142 cm³/mol. The molecule has 3 aromatic rings. The number of hydrazone groups is 1. The van der Waals surface area contributed by atoms with Crippen LogP contribution in [-0.2, 0) is 9.59 Å². The predicted octanol–water partition coefficient (Wildman–Crippen LogP) is 5.83. The monoisotopic (exact) mass is 502 g/mol. The fourth-order valence-corrected chi connectivity index (χ4v) is 5.35. The number of halogens is 1. The minimum atomic E-state index is -0.590. The van der Waals surface area contributed by atoms with Crippen molar-refractivity contribution in [1.82, 2.24) is 5.01 Å². The number of aliphatic imine (C=N–C) groups is 1. The van der Waals surface area contributed by atoms with Crippen molar-refractivity contribution < 1.29 is 9.59 Å². The molecule has 176 valence electrons. The summed E-state index contributed by atoms with van der Waals surface area (Å²) in [5.41, 5.74) is 4.80. The quantitative estimate of drug-likeness (QED) is 0.476. The van der Waals surface area contributed by atoms with Crippen LogP contribution >= 0.6 is 23.4 Å². The van der Waals surface area contributed by atoms with Crippen LogP contribution in [0.3, 0.4) is 0 Å². The second-order valence-corrected chi connectivity index (χ2v) is 10.1. The highest BCUT2D eigenvalue weighted by molar-refractivity contribution is 8.15. The molecular formula is C27H23ClN4O2S. The molecule has 0 aromatic heterocycles. The smallest absolute Gasteiger partial charge is 0.262 e. The lowest BCUT2D eigenvalue weighted by molar-refractivity contribution is -0.121. The average Bonchev–Trinajstić information content (AvgIpc) is 3.44. The average molecular weight is 503 g/mol. The zero-order chi connectivity index (χ0) is 24.4. The van der Waals surface area contributed by atoms with Gasteiger partial charge in [0.15, 0.2) is 5.17 Å². The molecule has 3 aromatic carbocycles. The largest absolute Gasteiger partial charge is 0.326 e. The number of amidine groups is 1. The lowest BCUT2D eigenvalue weighted by Gasteiger charge is -2.23. The van der Waals surface area contributed by atoms with Crippen molar-refractivity contribution in [3.05, 3.63) is 101 Å². The van der Waals surface area contributed by atoms with E-state index in [2.05, 4.69) is 34.6 Å². The SMILES string of the molecule is Cc1ccc(C2=NN(C3=NC(=O)C(CC(=O)Nc4ccccc4)S3)C(c3cccc(Cl)c3)C2)cc1. The Labute approximate surface area is 213 Å². The van der Waals surface area contributed by atoms with Crippen LogP contribution in [0.1, 0.15) is 35.6 Å². The lowest BCUT2D eigenvalue weighted by Crippen LogP contribution is -2.25. The molecule has 2 amide bonds. The third-order valence-corrected chi connectivity index (χ3v) is 7.26. The highest BCUT2D eigenvalue weighted by atomic mass is 35.5. The van der Waals surface area contributed by atoms with Crippen LogP contribution in [0.2, 0.25) is 5.02 Å². The molecule has 35 heavy (non-hydrogen) atoms. The number of carbonyl (C=O) groups is 2. The van der Waals surface area contributed by atoms with Crippen LogP contribution in [-0.4, -0.2) is 33.0 Å². The maximum atomic E-state index is 12.7. The Kier molecular flexibility index (Phi) is 6.70. The number of aryl methyl sites for hydroxylation is 1. The summed E-state index contributed by atoms with van der Waals surface area (Å²) in [5.74, 6) is -0.549. The summed E-state index contributed by atoms with van der Waals surface area (Å²) in [6, 6.07) is 24.9. The van der Waals surface area contributed by atoms with Gasteiger partial charge in [-0.1, -0.05) is 83.5 Å². The molecule has 2 unspecified atom stereocenters. The van der Waals surface area contributed by atoms with Crippen LogP contribution in [0.15, 0.2) is 89.0 Å². The summed E-state index contributed by atoms with van der Waals surface area (Å²) in [7, 11) is 0. The van der Waals surface area contributed by atoms with Crippen LogP contribution in [0.25, 0.3) is 0 Å². The summed E-state index contributed by atoms with van der Waals surface area (Å²) in [5, 5.41) is 10.1. The number of nitrogens with zero attached hydrogens (tertiary/aromatic N) is 3. The molecule has 8 heteroatoms. The van der Waals surface area contributed by atoms with E-state index in [-0.39, 0.29) is 24.3 Å². The maximum Gasteiger partial charge on any atom is 0.262 e. The van der Waals surface area contributed by atoms with Crippen molar-refractivity contribution in [2.75, 3.05) is 5.32 Å². The molecular weight excluding hydrogens is 480 g/mol. The first-order chi connectivity index (χ1) is 17.0. The van der Waals surface area contributed by atoms with Gasteiger partial charge in [-0.2, -0.15) is 10.1 Å². The molecule has 0 radical (unpaired) electrons. The first kappa shape index (κ1) is 23.3. The number of amides is 2. The van der Waals surface area contributed by atoms with Crippen molar-refractivity contribution >= 4 is 51.7 Å². The van der Waals surface area contributed by atoms with Gasteiger partial charge in [0.25, 0.3) is 5.91 Å². The van der Waals surface area contributed by atoms with E-state index in [4.69, 9.17) is 16.7 Å². The number of benzene rings is 3. The van der Waals surface area contributed by atoms with Crippen molar-refractivity contribution in [1.29, 1.82) is 0 Å². The number of nitrogens with one attached hydrogen (secondary N) is 1. The van der Waals surface area contributed by atoms with Gasteiger partial charge < -0.3 is 5.32 Å². The third-order valence-electron chi connectivity index (χ3n) is 5.88. The topological polar surface area (TPSA) is 74.1 Å². The van der Waals surface area contributed by atoms with E-state index in [1.165, 1.54) is 17.3 Å². The minimum Gasteiger partial charge on any atom is -0.326 e. The van der Waals surface area contributed by atoms with Gasteiger partial charge in [-0.25, -0.2) is 5.01 Å². The Balaban J connectivity index is 1.37. The zero-order valence-electron chi connectivity index (χ0n) is 19.0. The zero-order valence-corrected chi connectivity index (χ0v) is 20.6. The molecule has 0 bridgehead atoms. The molecule has 0 saturated heterocycles. The van der Waals surface area contributed by atoms with E-state index in [9.17, 15) is 9.59 Å². The molecule has 5 rings (SSSR count). The van der Waals surface area contributed by atoms with E-state index in [0.29, 0.717) is 22.3 Å². The summed E-state index contributed by atoms with van der Waals surface area (Å²) in [4.78, 5) is 29.6. The third kappa shape index (κ3) is 5.31. The van der Waals surface area contributed by atoms with Crippen molar-refractivity contribution in [2.24, 2.45) is 10.1 Å². The summed E-state index contributed by atoms with van der Waals surface area (Å²) < 4.78 is 0. The molecule has 1 N–H and O–H groups in total. The number of para-hydroxylation sites is 1. The van der Waals surface area contributed by atoms with E-state index in [1.807, 2.05) is 61.5 Å². The number of carbonyl (C=O) groups excluding carboxylic acids is 2. The van der Waals surface area contributed by atoms with Gasteiger partial charge >= 0.3 is 0 Å². The number of thioether (sulfide) groups is 1. The standard InChI is InChI=1S/C27H23ClN4O2S/c1-17-10-12-18(13-11-17)22-15-23(19-6-5-7-20(28)14-19)32(31-22)27-30-26(34)24(35-27)16-25(33)29-21-8-3-2-4-9-21/h2-14,23-24H,15-16H2,1H3,(H,29,33). The maximum absolute atomic E-state index is 12.7. The first-order valence-corrected chi connectivity index (χ1v) is 12.6. The Morgan fingerprint density at radius 3 is 2.60 bits per heavy atom. The highest BCUT2D eigenvalue weighted by Crippen LogP contribution is 2.39. The van der Waals surface area contributed by atoms with E-state index < -0.39 is 5.25 Å². The normalized spacial score (nSPS) is 19.5. The molecule has 2 aliphatic heterocycles. The number of anilines is 1. The molecule has 0 aliphatic carbocycles. The molecule has 0 fully saturated rings. The second kappa shape index (κ2) is 10.1. The summed E-state index contributed by atoms with van der Waals surface area (Å²) in [6.07, 6.45) is 0.686. The van der Waals surface area contributed by atoms with Crippen LogP contribution in [0.5, 0.6) is 0 Å². The molecule has 6 nitrogen and oxygen atoms in total. The van der Waals surface area contributed by atoms with Crippen LogP contribution < -0.4 is 5.32 Å².